The van der Waals surface area contributed by atoms with Crippen molar-refractivity contribution >= 4 is 17.4 Å². The SMILES string of the molecule is COCCn1cc(NC(=O)c2ccnc(NN)c2F)cn1. The number of rotatable bonds is 6. The van der Waals surface area contributed by atoms with Gasteiger partial charge in [-0.1, -0.05) is 0 Å². The summed E-state index contributed by atoms with van der Waals surface area (Å²) in [5.41, 5.74) is 2.37. The van der Waals surface area contributed by atoms with Crippen LogP contribution in [0, 0.1) is 5.82 Å². The van der Waals surface area contributed by atoms with E-state index in [0.29, 0.717) is 18.8 Å². The van der Waals surface area contributed by atoms with Gasteiger partial charge in [-0.2, -0.15) is 5.10 Å². The average Bonchev–Trinajstić information content (AvgIpc) is 2.92. The maximum absolute atomic E-state index is 13.9. The second kappa shape index (κ2) is 6.77. The van der Waals surface area contributed by atoms with Gasteiger partial charge in [0.25, 0.3) is 5.91 Å². The Bertz CT molecular complexity index is 630. The molecule has 8 nitrogen and oxygen atoms in total. The molecule has 9 heteroatoms. The summed E-state index contributed by atoms with van der Waals surface area (Å²) in [4.78, 5) is 15.7. The molecule has 21 heavy (non-hydrogen) atoms. The third-order valence-corrected chi connectivity index (χ3v) is 2.69. The number of nitrogens with zero attached hydrogens (tertiary/aromatic N) is 3. The topological polar surface area (TPSA) is 107 Å². The van der Waals surface area contributed by atoms with E-state index in [4.69, 9.17) is 10.6 Å². The maximum Gasteiger partial charge on any atom is 0.258 e. The molecule has 0 aromatic carbocycles. The highest BCUT2D eigenvalue weighted by Gasteiger charge is 2.16. The molecule has 0 aliphatic rings. The van der Waals surface area contributed by atoms with Crippen LogP contribution in [-0.4, -0.2) is 34.4 Å². The molecular weight excluding hydrogens is 279 g/mol. The smallest absolute Gasteiger partial charge is 0.258 e. The lowest BCUT2D eigenvalue weighted by molar-refractivity contribution is 0.102. The number of amides is 1. The molecule has 4 N–H and O–H groups in total. The van der Waals surface area contributed by atoms with Crippen LogP contribution < -0.4 is 16.6 Å². The minimum Gasteiger partial charge on any atom is -0.383 e. The number of hydrogen-bond acceptors (Lipinski definition) is 6. The van der Waals surface area contributed by atoms with E-state index in [1.807, 2.05) is 0 Å². The van der Waals surface area contributed by atoms with Crippen LogP contribution in [0.4, 0.5) is 15.9 Å². The number of nitrogens with two attached hydrogens (primary N) is 1. The molecule has 0 unspecified atom stereocenters. The van der Waals surface area contributed by atoms with E-state index in [1.165, 1.54) is 18.5 Å². The molecule has 0 aliphatic heterocycles. The summed E-state index contributed by atoms with van der Waals surface area (Å²) in [6.07, 6.45) is 4.38. The van der Waals surface area contributed by atoms with Gasteiger partial charge in [-0.05, 0) is 6.07 Å². The van der Waals surface area contributed by atoms with E-state index >= 15 is 0 Å². The van der Waals surface area contributed by atoms with Gasteiger partial charge in [-0.15, -0.1) is 0 Å². The summed E-state index contributed by atoms with van der Waals surface area (Å²) in [6.45, 7) is 1.05. The monoisotopic (exact) mass is 294 g/mol. The predicted octanol–water partition coefficient (Wildman–Crippen LogP) is 0.601. The molecule has 2 aromatic rings. The Hall–Kier alpha value is -2.52. The lowest BCUT2D eigenvalue weighted by Gasteiger charge is -2.06. The van der Waals surface area contributed by atoms with E-state index in [2.05, 4.69) is 20.8 Å². The van der Waals surface area contributed by atoms with Crippen LogP contribution in [0.25, 0.3) is 0 Å². The van der Waals surface area contributed by atoms with E-state index in [1.54, 1.807) is 18.0 Å². The van der Waals surface area contributed by atoms with E-state index in [9.17, 15) is 9.18 Å². The molecule has 2 heterocycles. The van der Waals surface area contributed by atoms with Crippen LogP contribution in [0.1, 0.15) is 10.4 Å². The Morgan fingerprint density at radius 1 is 1.57 bits per heavy atom. The molecule has 0 atom stereocenters. The molecule has 0 spiro atoms. The predicted molar refractivity (Wildman–Crippen MR) is 74.1 cm³/mol. The number of ether oxygens (including phenoxy) is 1. The summed E-state index contributed by atoms with van der Waals surface area (Å²) in [5, 5.41) is 6.59. The number of pyridine rings is 1. The van der Waals surface area contributed by atoms with Crippen molar-refractivity contribution in [2.75, 3.05) is 24.5 Å². The van der Waals surface area contributed by atoms with E-state index < -0.39 is 11.7 Å². The zero-order chi connectivity index (χ0) is 15.2. The second-order valence-electron chi connectivity index (χ2n) is 4.10. The van der Waals surface area contributed by atoms with E-state index in [-0.39, 0.29) is 11.4 Å². The van der Waals surface area contributed by atoms with Gasteiger partial charge in [0.1, 0.15) is 0 Å². The minimum atomic E-state index is -0.815. The van der Waals surface area contributed by atoms with Crippen LogP contribution in [0.2, 0.25) is 0 Å². The molecule has 0 saturated heterocycles. The standard InChI is InChI=1S/C12H15FN6O2/c1-21-5-4-19-7-8(6-16-19)17-12(20)9-2-3-15-11(18-14)10(9)13/h2-3,6-7H,4-5,14H2,1H3,(H,15,18)(H,17,20). The number of aromatic nitrogens is 3. The Morgan fingerprint density at radius 3 is 3.10 bits per heavy atom. The number of nitrogens with one attached hydrogen (secondary N) is 2. The Labute approximate surface area is 120 Å². The Morgan fingerprint density at radius 2 is 2.38 bits per heavy atom. The van der Waals surface area contributed by atoms with Crippen molar-refractivity contribution in [1.82, 2.24) is 14.8 Å². The first-order chi connectivity index (χ1) is 10.2. The largest absolute Gasteiger partial charge is 0.383 e. The van der Waals surface area contributed by atoms with Gasteiger partial charge in [0.2, 0.25) is 0 Å². The zero-order valence-corrected chi connectivity index (χ0v) is 11.3. The van der Waals surface area contributed by atoms with Crippen molar-refractivity contribution in [3.8, 4) is 0 Å². The van der Waals surface area contributed by atoms with Gasteiger partial charge in [0, 0.05) is 19.5 Å². The summed E-state index contributed by atoms with van der Waals surface area (Å²) in [6, 6.07) is 1.26. The van der Waals surface area contributed by atoms with Crippen molar-refractivity contribution < 1.29 is 13.9 Å². The molecule has 112 valence electrons. The third kappa shape index (κ3) is 3.52. The highest BCUT2D eigenvalue weighted by molar-refractivity contribution is 6.04. The zero-order valence-electron chi connectivity index (χ0n) is 11.3. The number of carbonyl (C=O) groups excluding carboxylic acids is 1. The average molecular weight is 294 g/mol. The molecule has 0 fully saturated rings. The molecule has 1 amide bonds. The summed E-state index contributed by atoms with van der Waals surface area (Å²) >= 11 is 0. The highest BCUT2D eigenvalue weighted by atomic mass is 19.1. The lowest BCUT2D eigenvalue weighted by Crippen LogP contribution is -2.17. The summed E-state index contributed by atoms with van der Waals surface area (Å²) in [5.74, 6) is 3.49. The van der Waals surface area contributed by atoms with Crippen molar-refractivity contribution in [1.29, 1.82) is 0 Å². The van der Waals surface area contributed by atoms with Gasteiger partial charge in [-0.25, -0.2) is 15.2 Å². The number of nitrogen functional groups attached to an aromatic ring is 1. The molecule has 2 aromatic heterocycles. The number of methoxy groups -OCH3 is 1. The van der Waals surface area contributed by atoms with Crippen LogP contribution in [0.15, 0.2) is 24.7 Å². The Balaban J connectivity index is 2.09. The number of hydrogen-bond donors (Lipinski definition) is 3. The molecular formula is C12H15FN6O2. The van der Waals surface area contributed by atoms with Gasteiger partial charge in [0.05, 0.1) is 30.6 Å². The molecule has 0 aliphatic carbocycles. The van der Waals surface area contributed by atoms with E-state index in [0.717, 1.165) is 0 Å². The maximum atomic E-state index is 13.9. The summed E-state index contributed by atoms with van der Waals surface area (Å²) < 4.78 is 20.4. The fourth-order valence-electron chi connectivity index (χ4n) is 1.65. The van der Waals surface area contributed by atoms with Crippen LogP contribution in [0.5, 0.6) is 0 Å². The summed E-state index contributed by atoms with van der Waals surface area (Å²) in [7, 11) is 1.58. The second-order valence-corrected chi connectivity index (χ2v) is 4.10. The van der Waals surface area contributed by atoms with Crippen molar-refractivity contribution in [2.24, 2.45) is 5.84 Å². The molecule has 2 rings (SSSR count). The number of hydrazine groups is 1. The van der Waals surface area contributed by atoms with Crippen molar-refractivity contribution in [3.05, 3.63) is 36.0 Å². The Kier molecular flexibility index (Phi) is 4.80. The fourth-order valence-corrected chi connectivity index (χ4v) is 1.65. The molecule has 0 saturated carbocycles. The molecule has 0 radical (unpaired) electrons. The van der Waals surface area contributed by atoms with Crippen LogP contribution in [0.3, 0.4) is 0 Å². The van der Waals surface area contributed by atoms with Crippen LogP contribution in [-0.2, 0) is 11.3 Å². The lowest BCUT2D eigenvalue weighted by atomic mass is 10.2. The van der Waals surface area contributed by atoms with Gasteiger partial charge < -0.3 is 15.5 Å². The van der Waals surface area contributed by atoms with Crippen molar-refractivity contribution in [3.63, 3.8) is 0 Å². The minimum absolute atomic E-state index is 0.164. The first-order valence-electron chi connectivity index (χ1n) is 6.09. The number of halogens is 1. The van der Waals surface area contributed by atoms with Crippen LogP contribution >= 0.6 is 0 Å². The third-order valence-electron chi connectivity index (χ3n) is 2.69. The first-order valence-corrected chi connectivity index (χ1v) is 6.09. The fraction of sp³-hybridized carbons (Fsp3) is 0.250. The quantitative estimate of drug-likeness (QED) is 0.532. The number of anilines is 2. The van der Waals surface area contributed by atoms with Gasteiger partial charge in [-0.3, -0.25) is 9.48 Å². The van der Waals surface area contributed by atoms with Crippen molar-refractivity contribution in [2.45, 2.75) is 6.54 Å². The normalized spacial score (nSPS) is 10.4. The number of carbonyl (C=O) groups is 1. The van der Waals surface area contributed by atoms with Gasteiger partial charge >= 0.3 is 0 Å². The molecule has 0 bridgehead atoms. The first kappa shape index (κ1) is 14.9. The highest BCUT2D eigenvalue weighted by Crippen LogP contribution is 2.16. The van der Waals surface area contributed by atoms with Gasteiger partial charge in [0.15, 0.2) is 11.6 Å².